The number of carboxylic acid groups (broad SMARTS) is 1. The van der Waals surface area contributed by atoms with Crippen LogP contribution in [0, 0.1) is 17.7 Å². The highest BCUT2D eigenvalue weighted by Crippen LogP contribution is 2.31. The number of rotatable bonds is 3. The van der Waals surface area contributed by atoms with Gasteiger partial charge in [0.15, 0.2) is 0 Å². The Morgan fingerprint density at radius 3 is 2.59 bits per heavy atom. The number of nitrogens with zero attached hydrogens (tertiary/aromatic N) is 1. The lowest BCUT2D eigenvalue weighted by Crippen LogP contribution is -2.49. The largest absolute Gasteiger partial charge is 0.478 e. The minimum atomic E-state index is -1.10. The molecule has 0 unspecified atom stereocenters. The number of benzene rings is 1. The quantitative estimate of drug-likeness (QED) is 0.878. The van der Waals surface area contributed by atoms with E-state index in [1.807, 2.05) is 4.90 Å². The summed E-state index contributed by atoms with van der Waals surface area (Å²) < 4.78 is 13.7. The molecule has 4 heteroatoms. The van der Waals surface area contributed by atoms with Crippen molar-refractivity contribution in [3.8, 4) is 0 Å². The van der Waals surface area contributed by atoms with Crippen molar-refractivity contribution >= 4 is 11.7 Å². The summed E-state index contributed by atoms with van der Waals surface area (Å²) in [6.07, 6.45) is 0. The lowest BCUT2D eigenvalue weighted by Gasteiger charge is -2.43. The van der Waals surface area contributed by atoms with Crippen LogP contribution in [0.15, 0.2) is 18.2 Å². The Kier molecular flexibility index (Phi) is 3.05. The van der Waals surface area contributed by atoms with Gasteiger partial charge < -0.3 is 10.0 Å². The number of hydrogen-bond donors (Lipinski definition) is 1. The molecule has 1 aliphatic rings. The third kappa shape index (κ3) is 2.25. The predicted molar refractivity (Wildman–Crippen MR) is 63.9 cm³/mol. The molecular formula is C13H16FNO2. The Morgan fingerprint density at radius 1 is 1.47 bits per heavy atom. The van der Waals surface area contributed by atoms with Crippen LogP contribution in [-0.4, -0.2) is 24.2 Å². The number of halogens is 1. The molecule has 0 bridgehead atoms. The molecule has 1 aliphatic heterocycles. The van der Waals surface area contributed by atoms with Crippen LogP contribution in [0.1, 0.15) is 24.2 Å². The fourth-order valence-corrected chi connectivity index (χ4v) is 2.03. The van der Waals surface area contributed by atoms with Crippen molar-refractivity contribution in [2.24, 2.45) is 11.8 Å². The van der Waals surface area contributed by atoms with Gasteiger partial charge in [-0.05, 0) is 30.0 Å². The Hall–Kier alpha value is -1.58. The van der Waals surface area contributed by atoms with Crippen molar-refractivity contribution in [2.75, 3.05) is 18.0 Å². The van der Waals surface area contributed by atoms with Crippen molar-refractivity contribution in [2.45, 2.75) is 13.8 Å². The average molecular weight is 237 g/mol. The van der Waals surface area contributed by atoms with Gasteiger partial charge in [0.05, 0.1) is 11.3 Å². The van der Waals surface area contributed by atoms with Gasteiger partial charge in [-0.1, -0.05) is 13.8 Å². The van der Waals surface area contributed by atoms with Gasteiger partial charge in [0.1, 0.15) is 5.82 Å². The van der Waals surface area contributed by atoms with Gasteiger partial charge in [-0.15, -0.1) is 0 Å². The molecule has 0 amide bonds. The zero-order valence-electron chi connectivity index (χ0n) is 9.98. The van der Waals surface area contributed by atoms with Gasteiger partial charge in [-0.2, -0.15) is 0 Å². The van der Waals surface area contributed by atoms with Gasteiger partial charge in [0, 0.05) is 13.1 Å². The maximum Gasteiger partial charge on any atom is 0.335 e. The van der Waals surface area contributed by atoms with E-state index in [1.165, 1.54) is 6.07 Å². The van der Waals surface area contributed by atoms with E-state index in [4.69, 9.17) is 5.11 Å². The van der Waals surface area contributed by atoms with E-state index >= 15 is 0 Å². The fourth-order valence-electron chi connectivity index (χ4n) is 2.03. The normalized spacial score (nSPS) is 16.1. The first-order chi connectivity index (χ1) is 7.99. The fraction of sp³-hybridized carbons (Fsp3) is 0.462. The minimum absolute atomic E-state index is 0.00724. The second kappa shape index (κ2) is 4.35. The van der Waals surface area contributed by atoms with E-state index in [-0.39, 0.29) is 5.56 Å². The molecule has 1 saturated heterocycles. The zero-order chi connectivity index (χ0) is 12.6. The third-order valence-electron chi connectivity index (χ3n) is 3.39. The van der Waals surface area contributed by atoms with Crippen molar-refractivity contribution in [3.63, 3.8) is 0 Å². The van der Waals surface area contributed by atoms with Crippen molar-refractivity contribution in [3.05, 3.63) is 29.6 Å². The first-order valence-electron chi connectivity index (χ1n) is 5.77. The number of carboxylic acids is 1. The summed E-state index contributed by atoms with van der Waals surface area (Å²) >= 11 is 0. The molecule has 0 atom stereocenters. The molecule has 0 saturated carbocycles. The highest BCUT2D eigenvalue weighted by molar-refractivity contribution is 5.88. The molecule has 17 heavy (non-hydrogen) atoms. The summed E-state index contributed by atoms with van der Waals surface area (Å²) in [6.45, 7) is 6.01. The summed E-state index contributed by atoms with van der Waals surface area (Å²) in [5, 5.41) is 8.74. The Balaban J connectivity index is 2.11. The number of aromatic carboxylic acids is 1. The number of carbonyl (C=O) groups is 1. The summed E-state index contributed by atoms with van der Waals surface area (Å²) in [5.74, 6) is -0.340. The van der Waals surface area contributed by atoms with Crippen LogP contribution in [0.3, 0.4) is 0 Å². The highest BCUT2D eigenvalue weighted by atomic mass is 19.1. The topological polar surface area (TPSA) is 40.5 Å². The predicted octanol–water partition coefficient (Wildman–Crippen LogP) is 2.62. The SMILES string of the molecule is CC(C)C1CN(c2ccc(C(=O)O)cc2F)C1. The first kappa shape index (κ1) is 11.9. The Morgan fingerprint density at radius 2 is 2.12 bits per heavy atom. The summed E-state index contributed by atoms with van der Waals surface area (Å²) in [5.41, 5.74) is 0.499. The van der Waals surface area contributed by atoms with E-state index in [1.54, 1.807) is 6.07 Å². The maximum absolute atomic E-state index is 13.7. The monoisotopic (exact) mass is 237 g/mol. The number of anilines is 1. The van der Waals surface area contributed by atoms with Gasteiger partial charge in [0.25, 0.3) is 0 Å². The molecular weight excluding hydrogens is 221 g/mol. The van der Waals surface area contributed by atoms with E-state index in [0.29, 0.717) is 17.5 Å². The molecule has 1 N–H and O–H groups in total. The standard InChI is InChI=1S/C13H16FNO2/c1-8(2)10-6-15(7-10)12-4-3-9(13(16)17)5-11(12)14/h3-5,8,10H,6-7H2,1-2H3,(H,16,17). The van der Waals surface area contributed by atoms with E-state index in [9.17, 15) is 9.18 Å². The van der Waals surface area contributed by atoms with Crippen molar-refractivity contribution in [1.29, 1.82) is 0 Å². The van der Waals surface area contributed by atoms with Crippen LogP contribution < -0.4 is 4.90 Å². The smallest absolute Gasteiger partial charge is 0.335 e. The second-order valence-corrected chi connectivity index (χ2v) is 4.88. The molecule has 1 aromatic carbocycles. The van der Waals surface area contributed by atoms with Crippen LogP contribution in [0.2, 0.25) is 0 Å². The second-order valence-electron chi connectivity index (χ2n) is 4.88. The molecule has 3 nitrogen and oxygen atoms in total. The molecule has 0 radical (unpaired) electrons. The molecule has 1 fully saturated rings. The van der Waals surface area contributed by atoms with E-state index in [0.717, 1.165) is 19.2 Å². The molecule has 1 aromatic rings. The van der Waals surface area contributed by atoms with E-state index in [2.05, 4.69) is 13.8 Å². The van der Waals surface area contributed by atoms with Gasteiger partial charge >= 0.3 is 5.97 Å². The Bertz CT molecular complexity index is 439. The van der Waals surface area contributed by atoms with Crippen LogP contribution >= 0.6 is 0 Å². The van der Waals surface area contributed by atoms with Crippen LogP contribution in [-0.2, 0) is 0 Å². The molecule has 0 spiro atoms. The minimum Gasteiger partial charge on any atom is -0.478 e. The van der Waals surface area contributed by atoms with Gasteiger partial charge in [-0.25, -0.2) is 9.18 Å². The zero-order valence-corrected chi connectivity index (χ0v) is 9.98. The van der Waals surface area contributed by atoms with Crippen LogP contribution in [0.25, 0.3) is 0 Å². The third-order valence-corrected chi connectivity index (χ3v) is 3.39. The maximum atomic E-state index is 13.7. The summed E-state index contributed by atoms with van der Waals surface area (Å²) in [6, 6.07) is 4.08. The molecule has 1 heterocycles. The highest BCUT2D eigenvalue weighted by Gasteiger charge is 2.30. The van der Waals surface area contributed by atoms with E-state index < -0.39 is 11.8 Å². The van der Waals surface area contributed by atoms with Gasteiger partial charge in [-0.3, -0.25) is 0 Å². The van der Waals surface area contributed by atoms with Crippen molar-refractivity contribution < 1.29 is 14.3 Å². The molecule has 2 rings (SSSR count). The number of hydrogen-bond acceptors (Lipinski definition) is 2. The van der Waals surface area contributed by atoms with Gasteiger partial charge in [0.2, 0.25) is 0 Å². The van der Waals surface area contributed by atoms with Crippen LogP contribution in [0.4, 0.5) is 10.1 Å². The lowest BCUT2D eigenvalue weighted by molar-refractivity contribution is 0.0696. The molecule has 0 aliphatic carbocycles. The van der Waals surface area contributed by atoms with Crippen molar-refractivity contribution in [1.82, 2.24) is 0 Å². The summed E-state index contributed by atoms with van der Waals surface area (Å²) in [4.78, 5) is 12.6. The van der Waals surface area contributed by atoms with Crippen LogP contribution in [0.5, 0.6) is 0 Å². The lowest BCUT2D eigenvalue weighted by atomic mass is 9.88. The summed E-state index contributed by atoms with van der Waals surface area (Å²) in [7, 11) is 0. The molecule has 92 valence electrons. The Labute approximate surface area is 99.9 Å². The average Bonchev–Trinajstić information content (AvgIpc) is 2.17. The molecule has 0 aromatic heterocycles. The first-order valence-corrected chi connectivity index (χ1v) is 5.77.